The Labute approximate surface area is 196 Å². The lowest BCUT2D eigenvalue weighted by molar-refractivity contribution is 0.0676. The van der Waals surface area contributed by atoms with E-state index < -0.39 is 17.8 Å². The summed E-state index contributed by atoms with van der Waals surface area (Å²) in [7, 11) is 0. The first-order valence-electron chi connectivity index (χ1n) is 10.8. The Morgan fingerprint density at radius 2 is 1.82 bits per heavy atom. The second kappa shape index (κ2) is 9.55. The Morgan fingerprint density at radius 3 is 2.55 bits per heavy atom. The average molecular weight is 464 g/mol. The summed E-state index contributed by atoms with van der Waals surface area (Å²) in [5.41, 5.74) is 0.787. The predicted molar refractivity (Wildman–Crippen MR) is 128 cm³/mol. The van der Waals surface area contributed by atoms with Crippen LogP contribution in [-0.2, 0) is 0 Å². The summed E-state index contributed by atoms with van der Waals surface area (Å²) in [6.07, 6.45) is 0.652. The minimum atomic E-state index is -0.617. The quantitative estimate of drug-likeness (QED) is 0.363. The van der Waals surface area contributed by atoms with Crippen molar-refractivity contribution in [3.63, 3.8) is 0 Å². The molecule has 0 N–H and O–H groups in total. The molecule has 0 aliphatic carbocycles. The first kappa shape index (κ1) is 22.7. The van der Waals surface area contributed by atoms with E-state index in [1.807, 2.05) is 6.92 Å². The maximum absolute atomic E-state index is 14.4. The summed E-state index contributed by atoms with van der Waals surface area (Å²) in [6.45, 7) is 4.10. The first-order valence-corrected chi connectivity index (χ1v) is 11.1. The highest BCUT2D eigenvalue weighted by Crippen LogP contribution is 2.26. The van der Waals surface area contributed by atoms with Crippen molar-refractivity contribution in [1.82, 2.24) is 14.5 Å². The Kier molecular flexibility index (Phi) is 6.56. The minimum Gasteiger partial charge on any atom is -0.329 e. The molecule has 0 saturated carbocycles. The van der Waals surface area contributed by atoms with Crippen molar-refractivity contribution in [3.05, 3.63) is 105 Å². The molecule has 0 aliphatic heterocycles. The third-order valence-corrected chi connectivity index (χ3v) is 5.77. The van der Waals surface area contributed by atoms with Crippen LogP contribution in [0.15, 0.2) is 77.6 Å². The Bertz CT molecular complexity index is 1390. The molecule has 33 heavy (non-hydrogen) atoms. The highest BCUT2D eigenvalue weighted by Gasteiger charge is 2.28. The van der Waals surface area contributed by atoms with Crippen molar-refractivity contribution in [1.29, 1.82) is 0 Å². The minimum absolute atomic E-state index is 0.0183. The van der Waals surface area contributed by atoms with Crippen molar-refractivity contribution >= 4 is 28.4 Å². The van der Waals surface area contributed by atoms with Gasteiger partial charge in [0.1, 0.15) is 11.6 Å². The second-order valence-electron chi connectivity index (χ2n) is 7.76. The predicted octanol–water partition coefficient (Wildman–Crippen LogP) is 5.79. The van der Waals surface area contributed by atoms with Crippen LogP contribution in [0.4, 0.5) is 4.39 Å². The lowest BCUT2D eigenvalue weighted by atomic mass is 10.1. The van der Waals surface area contributed by atoms with Crippen molar-refractivity contribution in [2.45, 2.75) is 26.3 Å². The number of carbonyl (C=O) groups excluding carboxylic acids is 1. The maximum atomic E-state index is 14.4. The number of para-hydroxylation sites is 1. The van der Waals surface area contributed by atoms with Gasteiger partial charge in [0, 0.05) is 11.6 Å². The van der Waals surface area contributed by atoms with Crippen LogP contribution in [0, 0.1) is 5.82 Å². The Hall–Kier alpha value is -3.51. The van der Waals surface area contributed by atoms with Gasteiger partial charge in [0.2, 0.25) is 0 Å². The number of carbonyl (C=O) groups is 1. The van der Waals surface area contributed by atoms with Crippen LogP contribution in [0.1, 0.15) is 42.5 Å². The molecule has 4 rings (SSSR count). The number of fused-ring (bicyclic) bond motifs is 1. The summed E-state index contributed by atoms with van der Waals surface area (Å²) in [4.78, 5) is 33.3. The zero-order valence-electron chi connectivity index (χ0n) is 18.3. The van der Waals surface area contributed by atoms with E-state index in [2.05, 4.69) is 0 Å². The average Bonchev–Trinajstić information content (AvgIpc) is 2.82. The second-order valence-corrected chi connectivity index (χ2v) is 8.20. The van der Waals surface area contributed by atoms with E-state index in [4.69, 9.17) is 16.6 Å². The monoisotopic (exact) mass is 463 g/mol. The standard InChI is InChI=1S/C26H23ClFN3O2/c1-3-15-30(25(32)20-11-4-6-13-22(20)28)17(2)24-29-23-14-7-5-12-21(23)26(33)31(24)19-10-8-9-18(27)16-19/h4-14,16-17H,3,15H2,1-2H3. The molecular formula is C26H23ClFN3O2. The van der Waals surface area contributed by atoms with Crippen LogP contribution in [0.2, 0.25) is 5.02 Å². The lowest BCUT2D eigenvalue weighted by Crippen LogP contribution is -2.38. The van der Waals surface area contributed by atoms with Gasteiger partial charge in [-0.2, -0.15) is 0 Å². The molecule has 3 aromatic carbocycles. The van der Waals surface area contributed by atoms with E-state index in [-0.39, 0.29) is 11.1 Å². The molecule has 7 heteroatoms. The molecule has 0 bridgehead atoms. The van der Waals surface area contributed by atoms with Gasteiger partial charge >= 0.3 is 0 Å². The molecule has 1 unspecified atom stereocenters. The zero-order valence-corrected chi connectivity index (χ0v) is 19.1. The molecule has 5 nitrogen and oxygen atoms in total. The van der Waals surface area contributed by atoms with E-state index in [0.29, 0.717) is 40.4 Å². The molecule has 0 radical (unpaired) electrons. The van der Waals surface area contributed by atoms with Gasteiger partial charge in [-0.15, -0.1) is 0 Å². The normalized spacial score (nSPS) is 12.0. The number of hydrogen-bond donors (Lipinski definition) is 0. The molecule has 0 aliphatic rings. The highest BCUT2D eigenvalue weighted by atomic mass is 35.5. The topological polar surface area (TPSA) is 55.2 Å². The molecule has 0 fully saturated rings. The van der Waals surface area contributed by atoms with Gasteiger partial charge in [-0.1, -0.05) is 48.9 Å². The number of rotatable bonds is 6. The number of nitrogens with zero attached hydrogens (tertiary/aromatic N) is 3. The molecule has 168 valence electrons. The van der Waals surface area contributed by atoms with Gasteiger partial charge in [-0.25, -0.2) is 9.37 Å². The van der Waals surface area contributed by atoms with E-state index >= 15 is 0 Å². The summed E-state index contributed by atoms with van der Waals surface area (Å²) >= 11 is 6.22. The zero-order chi connectivity index (χ0) is 23.5. The number of aromatic nitrogens is 2. The fourth-order valence-corrected chi connectivity index (χ4v) is 4.12. The Morgan fingerprint density at radius 1 is 1.09 bits per heavy atom. The van der Waals surface area contributed by atoms with Gasteiger partial charge in [-0.3, -0.25) is 14.2 Å². The molecule has 1 atom stereocenters. The number of benzene rings is 3. The fourth-order valence-electron chi connectivity index (χ4n) is 3.94. The summed E-state index contributed by atoms with van der Waals surface area (Å²) in [5.74, 6) is -0.670. The van der Waals surface area contributed by atoms with Crippen LogP contribution >= 0.6 is 11.6 Å². The lowest BCUT2D eigenvalue weighted by Gasteiger charge is -2.30. The third-order valence-electron chi connectivity index (χ3n) is 5.54. The van der Waals surface area contributed by atoms with Gasteiger partial charge in [0.25, 0.3) is 11.5 Å². The third kappa shape index (κ3) is 4.39. The molecular weight excluding hydrogens is 441 g/mol. The molecule has 0 spiro atoms. The summed E-state index contributed by atoms with van der Waals surface area (Å²) < 4.78 is 15.9. The summed E-state index contributed by atoms with van der Waals surface area (Å²) in [5, 5.41) is 0.926. The Balaban J connectivity index is 1.93. The van der Waals surface area contributed by atoms with Crippen molar-refractivity contribution in [3.8, 4) is 5.69 Å². The molecule has 1 aromatic heterocycles. The van der Waals surface area contributed by atoms with Crippen LogP contribution in [0.25, 0.3) is 16.6 Å². The number of amides is 1. The van der Waals surface area contributed by atoms with E-state index in [9.17, 15) is 14.0 Å². The summed E-state index contributed by atoms with van der Waals surface area (Å²) in [6, 6.07) is 19.3. The van der Waals surface area contributed by atoms with Crippen LogP contribution in [0.3, 0.4) is 0 Å². The van der Waals surface area contributed by atoms with Gasteiger partial charge in [0.15, 0.2) is 0 Å². The van der Waals surface area contributed by atoms with Crippen molar-refractivity contribution in [2.24, 2.45) is 0 Å². The van der Waals surface area contributed by atoms with Crippen molar-refractivity contribution in [2.75, 3.05) is 6.54 Å². The van der Waals surface area contributed by atoms with Crippen LogP contribution in [-0.4, -0.2) is 26.9 Å². The SMILES string of the molecule is CCCN(C(=O)c1ccccc1F)C(C)c1nc2ccccc2c(=O)n1-c1cccc(Cl)c1. The van der Waals surface area contributed by atoms with Crippen LogP contribution < -0.4 is 5.56 Å². The van der Waals surface area contributed by atoms with Gasteiger partial charge < -0.3 is 4.90 Å². The molecule has 4 aromatic rings. The number of halogens is 2. The van der Waals surface area contributed by atoms with E-state index in [1.165, 1.54) is 16.7 Å². The smallest absolute Gasteiger partial charge is 0.266 e. The highest BCUT2D eigenvalue weighted by molar-refractivity contribution is 6.30. The molecule has 1 amide bonds. The number of hydrogen-bond acceptors (Lipinski definition) is 3. The van der Waals surface area contributed by atoms with Gasteiger partial charge in [-0.05, 0) is 55.8 Å². The fraction of sp³-hybridized carbons (Fsp3) is 0.192. The molecule has 0 saturated heterocycles. The largest absolute Gasteiger partial charge is 0.329 e. The van der Waals surface area contributed by atoms with Crippen LogP contribution in [0.5, 0.6) is 0 Å². The van der Waals surface area contributed by atoms with Crippen molar-refractivity contribution < 1.29 is 9.18 Å². The maximum Gasteiger partial charge on any atom is 0.266 e. The molecule has 1 heterocycles. The van der Waals surface area contributed by atoms with E-state index in [1.54, 1.807) is 72.5 Å². The van der Waals surface area contributed by atoms with Gasteiger partial charge in [0.05, 0.1) is 28.2 Å². The first-order chi connectivity index (χ1) is 15.9. The van der Waals surface area contributed by atoms with E-state index in [0.717, 1.165) is 0 Å².